The summed E-state index contributed by atoms with van der Waals surface area (Å²) in [4.78, 5) is 5.11. The van der Waals surface area contributed by atoms with Crippen molar-refractivity contribution in [2.45, 2.75) is 29.8 Å². The van der Waals surface area contributed by atoms with Gasteiger partial charge >= 0.3 is 0 Å². The maximum absolute atomic E-state index is 13.1. The lowest BCUT2D eigenvalue weighted by molar-refractivity contribution is -0.0841. The highest BCUT2D eigenvalue weighted by Gasteiger charge is 2.32. The van der Waals surface area contributed by atoms with Crippen molar-refractivity contribution in [3.63, 3.8) is 0 Å². The minimum Gasteiger partial charge on any atom is -0.363 e. The van der Waals surface area contributed by atoms with Gasteiger partial charge in [-0.3, -0.25) is 0 Å². The standard InChI is InChI=1S/C14H16FN3O2S/c1-14(8-16-9-14)19-6-13-17-12(18-20-13)7-21-11-4-2-3-10(15)5-11/h2-5,16H,6-9H2,1H3. The zero-order chi connectivity index (χ0) is 14.7. The summed E-state index contributed by atoms with van der Waals surface area (Å²) in [5, 5.41) is 7.06. The summed E-state index contributed by atoms with van der Waals surface area (Å²) in [7, 11) is 0. The molecule has 0 aliphatic carbocycles. The first-order chi connectivity index (χ1) is 10.1. The van der Waals surface area contributed by atoms with Gasteiger partial charge in [-0.25, -0.2) is 4.39 Å². The van der Waals surface area contributed by atoms with Crippen molar-refractivity contribution in [2.24, 2.45) is 0 Å². The molecule has 0 spiro atoms. The highest BCUT2D eigenvalue weighted by atomic mass is 32.2. The van der Waals surface area contributed by atoms with Gasteiger partial charge in [-0.05, 0) is 25.1 Å². The second-order valence-electron chi connectivity index (χ2n) is 5.19. The number of nitrogens with one attached hydrogen (secondary N) is 1. The third-order valence-electron chi connectivity index (χ3n) is 3.22. The van der Waals surface area contributed by atoms with Crippen LogP contribution in [0.4, 0.5) is 4.39 Å². The average Bonchev–Trinajstić information content (AvgIpc) is 2.89. The lowest BCUT2D eigenvalue weighted by atomic mass is 10.0. The van der Waals surface area contributed by atoms with Gasteiger partial charge in [0.25, 0.3) is 5.89 Å². The number of hydrogen-bond acceptors (Lipinski definition) is 6. The molecule has 0 saturated carbocycles. The Kier molecular flexibility index (Phi) is 4.23. The van der Waals surface area contributed by atoms with Crippen LogP contribution in [0.2, 0.25) is 0 Å². The van der Waals surface area contributed by atoms with E-state index in [9.17, 15) is 4.39 Å². The molecule has 1 aliphatic rings. The molecule has 1 fully saturated rings. The maximum atomic E-state index is 13.1. The molecule has 0 atom stereocenters. The molecule has 7 heteroatoms. The Hall–Kier alpha value is -1.44. The molecular formula is C14H16FN3O2S. The van der Waals surface area contributed by atoms with Crippen molar-refractivity contribution in [3.05, 3.63) is 41.8 Å². The van der Waals surface area contributed by atoms with E-state index in [1.54, 1.807) is 6.07 Å². The fraction of sp³-hybridized carbons (Fsp3) is 0.429. The van der Waals surface area contributed by atoms with Gasteiger partial charge in [0, 0.05) is 18.0 Å². The monoisotopic (exact) mass is 309 g/mol. The van der Waals surface area contributed by atoms with E-state index in [1.165, 1.54) is 23.9 Å². The lowest BCUT2D eigenvalue weighted by Crippen LogP contribution is -2.58. The molecule has 3 rings (SSSR count). The van der Waals surface area contributed by atoms with Crippen LogP contribution in [0.5, 0.6) is 0 Å². The molecule has 2 heterocycles. The zero-order valence-corrected chi connectivity index (χ0v) is 12.5. The third kappa shape index (κ3) is 3.81. The van der Waals surface area contributed by atoms with Gasteiger partial charge in [0.15, 0.2) is 5.82 Å². The Balaban J connectivity index is 1.50. The molecule has 112 valence electrons. The van der Waals surface area contributed by atoms with Crippen molar-refractivity contribution in [1.82, 2.24) is 15.5 Å². The maximum Gasteiger partial charge on any atom is 0.252 e. The van der Waals surface area contributed by atoms with Crippen molar-refractivity contribution >= 4 is 11.8 Å². The van der Waals surface area contributed by atoms with Crippen LogP contribution < -0.4 is 5.32 Å². The first-order valence-electron chi connectivity index (χ1n) is 6.67. The van der Waals surface area contributed by atoms with Crippen LogP contribution in [-0.4, -0.2) is 28.8 Å². The van der Waals surface area contributed by atoms with E-state index in [0.29, 0.717) is 24.1 Å². The molecule has 21 heavy (non-hydrogen) atoms. The van der Waals surface area contributed by atoms with Gasteiger partial charge in [0.05, 0.1) is 11.4 Å². The van der Waals surface area contributed by atoms with Crippen molar-refractivity contribution in [1.29, 1.82) is 0 Å². The second kappa shape index (κ2) is 6.13. The number of hydrogen-bond donors (Lipinski definition) is 1. The predicted octanol–water partition coefficient (Wildman–Crippen LogP) is 2.38. The smallest absolute Gasteiger partial charge is 0.252 e. The average molecular weight is 309 g/mol. The summed E-state index contributed by atoms with van der Waals surface area (Å²) in [6, 6.07) is 6.44. The number of halogens is 1. The molecule has 1 aromatic heterocycles. The largest absolute Gasteiger partial charge is 0.363 e. The van der Waals surface area contributed by atoms with Crippen molar-refractivity contribution < 1.29 is 13.7 Å². The molecule has 0 bridgehead atoms. The van der Waals surface area contributed by atoms with Gasteiger partial charge in [0.2, 0.25) is 0 Å². The van der Waals surface area contributed by atoms with Crippen LogP contribution in [0.25, 0.3) is 0 Å². The second-order valence-corrected chi connectivity index (χ2v) is 6.24. The van der Waals surface area contributed by atoms with Crippen LogP contribution in [0.15, 0.2) is 33.7 Å². The number of aromatic nitrogens is 2. The number of benzene rings is 1. The Morgan fingerprint density at radius 2 is 2.33 bits per heavy atom. The van der Waals surface area contributed by atoms with Crippen LogP contribution in [0.1, 0.15) is 18.6 Å². The van der Waals surface area contributed by atoms with E-state index in [-0.39, 0.29) is 11.4 Å². The molecular weight excluding hydrogens is 293 g/mol. The summed E-state index contributed by atoms with van der Waals surface area (Å²) >= 11 is 1.46. The highest BCUT2D eigenvalue weighted by molar-refractivity contribution is 7.98. The predicted molar refractivity (Wildman–Crippen MR) is 76.3 cm³/mol. The Labute approximate surface area is 126 Å². The van der Waals surface area contributed by atoms with Crippen LogP contribution in [0, 0.1) is 5.82 Å². The third-order valence-corrected chi connectivity index (χ3v) is 4.21. The summed E-state index contributed by atoms with van der Waals surface area (Å²) < 4.78 is 23.9. The molecule has 0 radical (unpaired) electrons. The molecule has 1 aliphatic heterocycles. The van der Waals surface area contributed by atoms with Crippen LogP contribution in [-0.2, 0) is 17.1 Å². The number of nitrogens with zero attached hydrogens (tertiary/aromatic N) is 2. The Morgan fingerprint density at radius 1 is 1.48 bits per heavy atom. The van der Waals surface area contributed by atoms with E-state index in [0.717, 1.165) is 18.0 Å². The molecule has 1 saturated heterocycles. The molecule has 0 amide bonds. The highest BCUT2D eigenvalue weighted by Crippen LogP contribution is 2.22. The molecule has 1 aromatic carbocycles. The number of ether oxygens (including phenoxy) is 1. The lowest BCUT2D eigenvalue weighted by Gasteiger charge is -2.38. The quantitative estimate of drug-likeness (QED) is 0.827. The topological polar surface area (TPSA) is 60.2 Å². The fourth-order valence-corrected chi connectivity index (χ4v) is 2.71. The van der Waals surface area contributed by atoms with Gasteiger partial charge in [-0.2, -0.15) is 4.98 Å². The normalized spacial score (nSPS) is 16.7. The van der Waals surface area contributed by atoms with Gasteiger partial charge in [0.1, 0.15) is 12.4 Å². The summed E-state index contributed by atoms with van der Waals surface area (Å²) in [5.74, 6) is 1.34. The minimum atomic E-state index is -0.246. The zero-order valence-electron chi connectivity index (χ0n) is 11.6. The molecule has 5 nitrogen and oxygen atoms in total. The number of rotatable bonds is 6. The molecule has 1 N–H and O–H groups in total. The minimum absolute atomic E-state index is 0.134. The SMILES string of the molecule is CC1(OCc2nc(CSc3cccc(F)c3)no2)CNC1. The van der Waals surface area contributed by atoms with E-state index in [1.807, 2.05) is 13.0 Å². The summed E-state index contributed by atoms with van der Waals surface area (Å²) in [6.07, 6.45) is 0. The summed E-state index contributed by atoms with van der Waals surface area (Å²) in [5.41, 5.74) is -0.134. The first kappa shape index (κ1) is 14.5. The summed E-state index contributed by atoms with van der Waals surface area (Å²) in [6.45, 7) is 4.03. The van der Waals surface area contributed by atoms with E-state index in [4.69, 9.17) is 9.26 Å². The first-order valence-corrected chi connectivity index (χ1v) is 7.66. The van der Waals surface area contributed by atoms with Crippen LogP contribution >= 0.6 is 11.8 Å². The van der Waals surface area contributed by atoms with Gasteiger partial charge < -0.3 is 14.6 Å². The number of thioether (sulfide) groups is 1. The Bertz CT molecular complexity index is 616. The van der Waals surface area contributed by atoms with Crippen molar-refractivity contribution in [2.75, 3.05) is 13.1 Å². The van der Waals surface area contributed by atoms with Crippen molar-refractivity contribution in [3.8, 4) is 0 Å². The van der Waals surface area contributed by atoms with Gasteiger partial charge in [-0.15, -0.1) is 11.8 Å². The van der Waals surface area contributed by atoms with Gasteiger partial charge in [-0.1, -0.05) is 11.2 Å². The fourth-order valence-electron chi connectivity index (χ4n) is 1.93. The Morgan fingerprint density at radius 3 is 3.05 bits per heavy atom. The molecule has 0 unspecified atom stereocenters. The van der Waals surface area contributed by atoms with E-state index < -0.39 is 0 Å². The van der Waals surface area contributed by atoms with E-state index in [2.05, 4.69) is 15.5 Å². The van der Waals surface area contributed by atoms with E-state index >= 15 is 0 Å². The van der Waals surface area contributed by atoms with Crippen LogP contribution in [0.3, 0.4) is 0 Å². The molecule has 2 aromatic rings.